The molecule has 3 rings (SSSR count). The highest BCUT2D eigenvalue weighted by Gasteiger charge is 2.03. The van der Waals surface area contributed by atoms with Crippen molar-refractivity contribution in [3.63, 3.8) is 0 Å². The van der Waals surface area contributed by atoms with E-state index in [4.69, 9.17) is 5.73 Å². The molecule has 0 aliphatic heterocycles. The number of H-pyrrole nitrogens is 1. The van der Waals surface area contributed by atoms with Gasteiger partial charge in [-0.15, -0.1) is 0 Å². The molecule has 17 heavy (non-hydrogen) atoms. The molecule has 3 N–H and O–H groups in total. The van der Waals surface area contributed by atoms with Crippen molar-refractivity contribution in [3.05, 3.63) is 48.5 Å². The Morgan fingerprint density at radius 1 is 1.06 bits per heavy atom. The van der Waals surface area contributed by atoms with Crippen LogP contribution < -0.4 is 5.73 Å². The largest absolute Gasteiger partial charge is 0.341 e. The molecular formula is C13H12N4. The van der Waals surface area contributed by atoms with Gasteiger partial charge in [0, 0.05) is 12.4 Å². The lowest BCUT2D eigenvalue weighted by molar-refractivity contribution is 0.958. The number of aromatic nitrogens is 3. The molecule has 0 bridgehead atoms. The van der Waals surface area contributed by atoms with E-state index in [9.17, 15) is 0 Å². The summed E-state index contributed by atoms with van der Waals surface area (Å²) in [5.41, 5.74) is 9.81. The first-order chi connectivity index (χ1) is 8.36. The molecule has 0 radical (unpaired) electrons. The van der Waals surface area contributed by atoms with Gasteiger partial charge in [-0.3, -0.25) is 4.98 Å². The Morgan fingerprint density at radius 2 is 1.88 bits per heavy atom. The third-order valence-electron chi connectivity index (χ3n) is 2.74. The number of hydrogen-bond acceptors (Lipinski definition) is 3. The zero-order valence-corrected chi connectivity index (χ0v) is 9.22. The molecule has 0 saturated heterocycles. The maximum atomic E-state index is 5.56. The number of fused-ring (bicyclic) bond motifs is 1. The topological polar surface area (TPSA) is 67.6 Å². The number of hydrogen-bond donors (Lipinski definition) is 2. The molecule has 4 nitrogen and oxygen atoms in total. The normalized spacial score (nSPS) is 10.9. The fourth-order valence-corrected chi connectivity index (χ4v) is 1.88. The summed E-state index contributed by atoms with van der Waals surface area (Å²) in [4.78, 5) is 11.6. The van der Waals surface area contributed by atoms with Gasteiger partial charge < -0.3 is 10.7 Å². The van der Waals surface area contributed by atoms with Gasteiger partial charge in [-0.2, -0.15) is 0 Å². The maximum Gasteiger partial charge on any atom is 0.121 e. The van der Waals surface area contributed by atoms with Crippen molar-refractivity contribution in [2.45, 2.75) is 6.54 Å². The molecule has 0 aliphatic rings. The molecule has 2 heterocycles. The van der Waals surface area contributed by atoms with Crippen molar-refractivity contribution in [3.8, 4) is 11.1 Å². The van der Waals surface area contributed by atoms with Crippen LogP contribution in [0.4, 0.5) is 0 Å². The lowest BCUT2D eigenvalue weighted by atomic mass is 10.1. The zero-order valence-electron chi connectivity index (χ0n) is 9.22. The van der Waals surface area contributed by atoms with Crippen LogP contribution in [0.25, 0.3) is 22.2 Å². The number of nitrogens with one attached hydrogen (secondary N) is 1. The molecule has 0 spiro atoms. The van der Waals surface area contributed by atoms with Crippen molar-refractivity contribution in [2.75, 3.05) is 0 Å². The van der Waals surface area contributed by atoms with Crippen LogP contribution in [0.2, 0.25) is 0 Å². The highest BCUT2D eigenvalue weighted by atomic mass is 14.9. The summed E-state index contributed by atoms with van der Waals surface area (Å²) in [5.74, 6) is 0.812. The predicted molar refractivity (Wildman–Crippen MR) is 67.2 cm³/mol. The lowest BCUT2D eigenvalue weighted by Crippen LogP contribution is -1.97. The van der Waals surface area contributed by atoms with Crippen LogP contribution in [-0.2, 0) is 6.54 Å². The predicted octanol–water partition coefficient (Wildman–Crippen LogP) is 2.08. The van der Waals surface area contributed by atoms with Crippen molar-refractivity contribution < 1.29 is 0 Å². The van der Waals surface area contributed by atoms with Crippen molar-refractivity contribution in [2.24, 2.45) is 5.73 Å². The van der Waals surface area contributed by atoms with Gasteiger partial charge in [0.15, 0.2) is 0 Å². The second-order valence-corrected chi connectivity index (χ2v) is 3.86. The van der Waals surface area contributed by atoms with Gasteiger partial charge in [-0.1, -0.05) is 6.07 Å². The van der Waals surface area contributed by atoms with Crippen LogP contribution in [0.5, 0.6) is 0 Å². The SMILES string of the molecule is NCc1nc2ccc(-c3ccncc3)cc2[nH]1. The molecule has 0 aliphatic carbocycles. The molecule has 3 aromatic rings. The fraction of sp³-hybridized carbons (Fsp3) is 0.0769. The quantitative estimate of drug-likeness (QED) is 0.700. The Labute approximate surface area is 98.5 Å². The molecule has 4 heteroatoms. The Balaban J connectivity index is 2.13. The molecule has 0 unspecified atom stereocenters. The van der Waals surface area contributed by atoms with Crippen LogP contribution in [-0.4, -0.2) is 15.0 Å². The van der Waals surface area contributed by atoms with E-state index in [1.165, 1.54) is 0 Å². The average molecular weight is 224 g/mol. The summed E-state index contributed by atoms with van der Waals surface area (Å²) in [6.45, 7) is 0.430. The number of nitrogens with two attached hydrogens (primary N) is 1. The van der Waals surface area contributed by atoms with Crippen LogP contribution >= 0.6 is 0 Å². The number of imidazole rings is 1. The maximum absolute atomic E-state index is 5.56. The Morgan fingerprint density at radius 3 is 2.65 bits per heavy atom. The third-order valence-corrected chi connectivity index (χ3v) is 2.74. The lowest BCUT2D eigenvalue weighted by Gasteiger charge is -2.00. The van der Waals surface area contributed by atoms with Gasteiger partial charge in [0.2, 0.25) is 0 Å². The first-order valence-electron chi connectivity index (χ1n) is 5.46. The Kier molecular flexibility index (Phi) is 2.34. The summed E-state index contributed by atoms with van der Waals surface area (Å²) in [5, 5.41) is 0. The summed E-state index contributed by atoms with van der Waals surface area (Å²) in [6.07, 6.45) is 3.58. The first-order valence-corrected chi connectivity index (χ1v) is 5.46. The van der Waals surface area contributed by atoms with E-state index in [0.717, 1.165) is 28.0 Å². The summed E-state index contributed by atoms with van der Waals surface area (Å²) >= 11 is 0. The number of aromatic amines is 1. The van der Waals surface area contributed by atoms with E-state index in [0.29, 0.717) is 6.54 Å². The van der Waals surface area contributed by atoms with E-state index in [2.05, 4.69) is 27.1 Å². The highest BCUT2D eigenvalue weighted by Crippen LogP contribution is 2.22. The molecule has 84 valence electrons. The summed E-state index contributed by atoms with van der Waals surface area (Å²) in [6, 6.07) is 10.1. The molecule has 0 saturated carbocycles. The minimum atomic E-state index is 0.430. The van der Waals surface area contributed by atoms with Crippen LogP contribution in [0.1, 0.15) is 5.82 Å². The van der Waals surface area contributed by atoms with Gasteiger partial charge in [0.05, 0.1) is 17.6 Å². The molecule has 0 amide bonds. The first kappa shape index (κ1) is 9.99. The van der Waals surface area contributed by atoms with Gasteiger partial charge in [0.1, 0.15) is 5.82 Å². The van der Waals surface area contributed by atoms with Gasteiger partial charge >= 0.3 is 0 Å². The summed E-state index contributed by atoms with van der Waals surface area (Å²) in [7, 11) is 0. The van der Waals surface area contributed by atoms with Gasteiger partial charge in [0.25, 0.3) is 0 Å². The third kappa shape index (κ3) is 1.79. The van der Waals surface area contributed by atoms with E-state index >= 15 is 0 Å². The zero-order chi connectivity index (χ0) is 11.7. The molecule has 0 fully saturated rings. The van der Waals surface area contributed by atoms with Crippen LogP contribution in [0, 0.1) is 0 Å². The molecule has 0 atom stereocenters. The highest BCUT2D eigenvalue weighted by molar-refractivity contribution is 5.81. The smallest absolute Gasteiger partial charge is 0.121 e. The molecular weight excluding hydrogens is 212 g/mol. The number of rotatable bonds is 2. The fourth-order valence-electron chi connectivity index (χ4n) is 1.88. The Bertz CT molecular complexity index is 643. The monoisotopic (exact) mass is 224 g/mol. The van der Waals surface area contributed by atoms with Gasteiger partial charge in [-0.25, -0.2) is 4.98 Å². The van der Waals surface area contributed by atoms with Gasteiger partial charge in [-0.05, 0) is 35.4 Å². The number of benzene rings is 1. The standard InChI is InChI=1S/C13H12N4/c14-8-13-16-11-2-1-10(7-12(11)17-13)9-3-5-15-6-4-9/h1-7H,8,14H2,(H,16,17). The average Bonchev–Trinajstić information content (AvgIpc) is 2.81. The number of nitrogens with zero attached hydrogens (tertiary/aromatic N) is 2. The van der Waals surface area contributed by atoms with Crippen molar-refractivity contribution >= 4 is 11.0 Å². The molecule has 1 aromatic carbocycles. The van der Waals surface area contributed by atoms with E-state index in [-0.39, 0.29) is 0 Å². The minimum absolute atomic E-state index is 0.430. The van der Waals surface area contributed by atoms with E-state index in [1.807, 2.05) is 18.2 Å². The van der Waals surface area contributed by atoms with Crippen LogP contribution in [0.15, 0.2) is 42.7 Å². The second-order valence-electron chi connectivity index (χ2n) is 3.86. The minimum Gasteiger partial charge on any atom is -0.341 e. The molecule has 2 aromatic heterocycles. The van der Waals surface area contributed by atoms with Crippen LogP contribution in [0.3, 0.4) is 0 Å². The number of pyridine rings is 1. The van der Waals surface area contributed by atoms with Crippen molar-refractivity contribution in [1.82, 2.24) is 15.0 Å². The van der Waals surface area contributed by atoms with Crippen molar-refractivity contribution in [1.29, 1.82) is 0 Å². The summed E-state index contributed by atoms with van der Waals surface area (Å²) < 4.78 is 0. The van der Waals surface area contributed by atoms with E-state index in [1.54, 1.807) is 12.4 Å². The van der Waals surface area contributed by atoms with E-state index < -0.39 is 0 Å². The second kappa shape index (κ2) is 3.99. The Hall–Kier alpha value is -2.20.